The molecule has 6 rings (SSSR count). The first kappa shape index (κ1) is 14.1. The molecular formula is C26H18. The Balaban J connectivity index is 1.69. The molecule has 26 heavy (non-hydrogen) atoms. The summed E-state index contributed by atoms with van der Waals surface area (Å²) in [6.45, 7) is 0. The summed E-state index contributed by atoms with van der Waals surface area (Å²) >= 11 is 0. The average molecular weight is 330 g/mol. The van der Waals surface area contributed by atoms with Crippen LogP contribution in [0.2, 0.25) is 0 Å². The fraction of sp³-hybridized carbons (Fsp3) is 0.0769. The SMILES string of the molecule is c1ccc(-c2cccc3c2-c2c(ccc4c2-c2ccccc2C4)C3)cc1. The predicted octanol–water partition coefficient (Wildman–Crippen LogP) is 6.50. The van der Waals surface area contributed by atoms with E-state index in [4.69, 9.17) is 0 Å². The summed E-state index contributed by atoms with van der Waals surface area (Å²) in [5.41, 5.74) is 14.3. The minimum Gasteiger partial charge on any atom is -0.0622 e. The van der Waals surface area contributed by atoms with Crippen LogP contribution >= 0.6 is 0 Å². The minimum absolute atomic E-state index is 1.04. The largest absolute Gasteiger partial charge is 0.0622 e. The molecule has 0 heteroatoms. The highest BCUT2D eigenvalue weighted by Gasteiger charge is 2.30. The maximum absolute atomic E-state index is 2.36. The third-order valence-corrected chi connectivity index (χ3v) is 5.91. The second kappa shape index (κ2) is 5.19. The van der Waals surface area contributed by atoms with Crippen molar-refractivity contribution in [2.24, 2.45) is 0 Å². The van der Waals surface area contributed by atoms with E-state index in [9.17, 15) is 0 Å². The Kier molecular flexibility index (Phi) is 2.81. The maximum Gasteiger partial charge on any atom is -0.00130 e. The van der Waals surface area contributed by atoms with Crippen molar-refractivity contribution in [2.45, 2.75) is 12.8 Å². The van der Waals surface area contributed by atoms with Gasteiger partial charge in [0, 0.05) is 0 Å². The number of fused-ring (bicyclic) bond motifs is 7. The molecule has 122 valence electrons. The van der Waals surface area contributed by atoms with Gasteiger partial charge in [0.2, 0.25) is 0 Å². The molecule has 2 aliphatic carbocycles. The lowest BCUT2D eigenvalue weighted by molar-refractivity contribution is 1.23. The Morgan fingerprint density at radius 1 is 0.385 bits per heavy atom. The van der Waals surface area contributed by atoms with E-state index in [1.807, 2.05) is 0 Å². The van der Waals surface area contributed by atoms with Crippen LogP contribution in [0.1, 0.15) is 22.3 Å². The van der Waals surface area contributed by atoms with Gasteiger partial charge in [0.1, 0.15) is 0 Å². The van der Waals surface area contributed by atoms with Crippen molar-refractivity contribution in [1.82, 2.24) is 0 Å². The van der Waals surface area contributed by atoms with E-state index in [2.05, 4.69) is 84.9 Å². The molecule has 0 amide bonds. The van der Waals surface area contributed by atoms with Crippen LogP contribution in [0, 0.1) is 0 Å². The van der Waals surface area contributed by atoms with Gasteiger partial charge in [-0.1, -0.05) is 84.9 Å². The Labute approximate surface area is 153 Å². The van der Waals surface area contributed by atoms with Crippen molar-refractivity contribution in [1.29, 1.82) is 0 Å². The van der Waals surface area contributed by atoms with Gasteiger partial charge >= 0.3 is 0 Å². The number of benzene rings is 4. The van der Waals surface area contributed by atoms with Crippen LogP contribution < -0.4 is 0 Å². The Morgan fingerprint density at radius 3 is 1.88 bits per heavy atom. The van der Waals surface area contributed by atoms with Crippen molar-refractivity contribution in [3.8, 4) is 33.4 Å². The predicted molar refractivity (Wildman–Crippen MR) is 108 cm³/mol. The van der Waals surface area contributed by atoms with Crippen LogP contribution in [0.15, 0.2) is 84.9 Å². The molecule has 0 aromatic heterocycles. The van der Waals surface area contributed by atoms with Crippen LogP contribution in [0.25, 0.3) is 33.4 Å². The molecule has 0 saturated heterocycles. The highest BCUT2D eigenvalue weighted by molar-refractivity contribution is 6.00. The zero-order valence-corrected chi connectivity index (χ0v) is 14.5. The molecular weight excluding hydrogens is 312 g/mol. The van der Waals surface area contributed by atoms with Crippen molar-refractivity contribution < 1.29 is 0 Å². The Bertz CT molecular complexity index is 1170. The summed E-state index contributed by atoms with van der Waals surface area (Å²) in [5.74, 6) is 0. The van der Waals surface area contributed by atoms with Gasteiger partial charge in [-0.05, 0) is 68.5 Å². The van der Waals surface area contributed by atoms with E-state index in [1.54, 1.807) is 0 Å². The second-order valence-corrected chi connectivity index (χ2v) is 7.35. The molecule has 0 atom stereocenters. The monoisotopic (exact) mass is 330 g/mol. The molecule has 0 spiro atoms. The number of hydrogen-bond acceptors (Lipinski definition) is 0. The van der Waals surface area contributed by atoms with E-state index >= 15 is 0 Å². The quantitative estimate of drug-likeness (QED) is 0.323. The molecule has 0 fully saturated rings. The topological polar surface area (TPSA) is 0 Å². The zero-order valence-electron chi connectivity index (χ0n) is 14.5. The van der Waals surface area contributed by atoms with Crippen LogP contribution in [-0.2, 0) is 12.8 Å². The highest BCUT2D eigenvalue weighted by Crippen LogP contribution is 2.51. The molecule has 0 N–H and O–H groups in total. The molecule has 0 saturated carbocycles. The molecule has 4 aromatic carbocycles. The Hall–Kier alpha value is -3.12. The van der Waals surface area contributed by atoms with Crippen LogP contribution in [-0.4, -0.2) is 0 Å². The van der Waals surface area contributed by atoms with Gasteiger partial charge in [0.15, 0.2) is 0 Å². The van der Waals surface area contributed by atoms with E-state index in [-0.39, 0.29) is 0 Å². The van der Waals surface area contributed by atoms with Crippen LogP contribution in [0.4, 0.5) is 0 Å². The fourth-order valence-electron chi connectivity index (χ4n) is 4.81. The van der Waals surface area contributed by atoms with Crippen molar-refractivity contribution in [3.63, 3.8) is 0 Å². The zero-order chi connectivity index (χ0) is 17.1. The van der Waals surface area contributed by atoms with E-state index in [0.29, 0.717) is 0 Å². The van der Waals surface area contributed by atoms with Crippen molar-refractivity contribution in [2.75, 3.05) is 0 Å². The summed E-state index contributed by atoms with van der Waals surface area (Å²) in [5, 5.41) is 0. The first-order chi connectivity index (χ1) is 12.9. The molecule has 0 nitrogen and oxygen atoms in total. The van der Waals surface area contributed by atoms with Gasteiger partial charge in [-0.25, -0.2) is 0 Å². The first-order valence-electron chi connectivity index (χ1n) is 9.31. The summed E-state index contributed by atoms with van der Waals surface area (Å²) in [4.78, 5) is 0. The van der Waals surface area contributed by atoms with Crippen LogP contribution in [0.5, 0.6) is 0 Å². The van der Waals surface area contributed by atoms with Gasteiger partial charge in [0.25, 0.3) is 0 Å². The smallest absolute Gasteiger partial charge is 0.00130 e. The third-order valence-electron chi connectivity index (χ3n) is 5.91. The minimum atomic E-state index is 1.04. The van der Waals surface area contributed by atoms with Gasteiger partial charge in [-0.3, -0.25) is 0 Å². The van der Waals surface area contributed by atoms with Gasteiger partial charge in [0.05, 0.1) is 0 Å². The fourth-order valence-corrected chi connectivity index (χ4v) is 4.81. The molecule has 0 unspecified atom stereocenters. The summed E-state index contributed by atoms with van der Waals surface area (Å²) < 4.78 is 0. The molecule has 0 aliphatic heterocycles. The molecule has 4 aromatic rings. The lowest BCUT2D eigenvalue weighted by Crippen LogP contribution is -1.89. The maximum atomic E-state index is 2.36. The highest BCUT2D eigenvalue weighted by atomic mass is 14.3. The lowest BCUT2D eigenvalue weighted by atomic mass is 9.89. The van der Waals surface area contributed by atoms with E-state index in [1.165, 1.54) is 55.6 Å². The summed E-state index contributed by atoms with van der Waals surface area (Å²) in [6, 6.07) is 31.2. The van der Waals surface area contributed by atoms with Gasteiger partial charge in [-0.2, -0.15) is 0 Å². The third kappa shape index (κ3) is 1.84. The second-order valence-electron chi connectivity index (χ2n) is 7.35. The lowest BCUT2D eigenvalue weighted by Gasteiger charge is -2.14. The normalized spacial score (nSPS) is 13.1. The van der Waals surface area contributed by atoms with Crippen molar-refractivity contribution in [3.05, 3.63) is 107 Å². The summed E-state index contributed by atoms with van der Waals surface area (Å²) in [7, 11) is 0. The summed E-state index contributed by atoms with van der Waals surface area (Å²) in [6.07, 6.45) is 2.10. The molecule has 0 radical (unpaired) electrons. The van der Waals surface area contributed by atoms with E-state index in [0.717, 1.165) is 12.8 Å². The number of hydrogen-bond donors (Lipinski definition) is 0. The Morgan fingerprint density at radius 2 is 1.00 bits per heavy atom. The molecule has 0 bridgehead atoms. The van der Waals surface area contributed by atoms with Gasteiger partial charge in [-0.15, -0.1) is 0 Å². The average Bonchev–Trinajstić information content (AvgIpc) is 3.26. The molecule has 2 aliphatic rings. The first-order valence-corrected chi connectivity index (χ1v) is 9.31. The van der Waals surface area contributed by atoms with Crippen LogP contribution in [0.3, 0.4) is 0 Å². The number of rotatable bonds is 1. The van der Waals surface area contributed by atoms with Crippen molar-refractivity contribution >= 4 is 0 Å². The van der Waals surface area contributed by atoms with E-state index < -0.39 is 0 Å². The molecule has 0 heterocycles. The van der Waals surface area contributed by atoms with Gasteiger partial charge < -0.3 is 0 Å². The standard InChI is InChI=1S/C26H18/c1-2-7-17(8-3-1)22-12-6-10-19-16-21-14-13-20-15-18-9-4-5-11-23(18)25(20)26(21)24(19)22/h1-14H,15-16H2.